The summed E-state index contributed by atoms with van der Waals surface area (Å²) in [6.07, 6.45) is 4.55. The fourth-order valence-electron chi connectivity index (χ4n) is 3.79. The predicted octanol–water partition coefficient (Wildman–Crippen LogP) is 2.83. The van der Waals surface area contributed by atoms with E-state index in [0.717, 1.165) is 51.5 Å². The Kier molecular flexibility index (Phi) is 11.6. The summed E-state index contributed by atoms with van der Waals surface area (Å²) in [6, 6.07) is 10.2. The Morgan fingerprint density at radius 2 is 1.97 bits per heavy atom. The Labute approximate surface area is 204 Å². The van der Waals surface area contributed by atoms with E-state index < -0.39 is 10.0 Å². The van der Waals surface area contributed by atoms with Gasteiger partial charge in [0.15, 0.2) is 5.96 Å². The SMILES string of the molecule is CCNC(=NCCS(=O)(=O)NCC1CCC1)N1CCC(COCc2ccccc2)C1.I. The molecule has 1 saturated carbocycles. The summed E-state index contributed by atoms with van der Waals surface area (Å²) in [7, 11) is -3.26. The van der Waals surface area contributed by atoms with Crippen LogP contribution in [0.3, 0.4) is 0 Å². The van der Waals surface area contributed by atoms with Gasteiger partial charge >= 0.3 is 0 Å². The molecule has 9 heteroatoms. The number of halogens is 1. The maximum atomic E-state index is 12.2. The highest BCUT2D eigenvalue weighted by Gasteiger charge is 2.25. The van der Waals surface area contributed by atoms with E-state index in [1.54, 1.807) is 0 Å². The Hall–Kier alpha value is -0.910. The molecule has 0 amide bonds. The molecule has 1 heterocycles. The zero-order chi connectivity index (χ0) is 21.2. The average molecular weight is 565 g/mol. The summed E-state index contributed by atoms with van der Waals surface area (Å²) in [5.41, 5.74) is 1.19. The number of ether oxygens (including phenoxy) is 1. The maximum absolute atomic E-state index is 12.2. The largest absolute Gasteiger partial charge is 0.376 e. The summed E-state index contributed by atoms with van der Waals surface area (Å²) in [4.78, 5) is 6.79. The van der Waals surface area contributed by atoms with Crippen LogP contribution in [-0.4, -0.2) is 64.4 Å². The van der Waals surface area contributed by atoms with Crippen LogP contribution in [0.25, 0.3) is 0 Å². The molecule has 0 bridgehead atoms. The number of hydrogen-bond acceptors (Lipinski definition) is 4. The Bertz CT molecular complexity index is 772. The lowest BCUT2D eigenvalue weighted by molar-refractivity contribution is 0.0907. The number of nitrogens with one attached hydrogen (secondary N) is 2. The van der Waals surface area contributed by atoms with E-state index in [1.165, 1.54) is 12.0 Å². The minimum Gasteiger partial charge on any atom is -0.376 e. The second-order valence-electron chi connectivity index (χ2n) is 8.30. The van der Waals surface area contributed by atoms with Gasteiger partial charge in [-0.15, -0.1) is 24.0 Å². The van der Waals surface area contributed by atoms with Gasteiger partial charge in [-0.3, -0.25) is 4.99 Å². The average Bonchev–Trinajstić information content (AvgIpc) is 3.15. The molecule has 0 radical (unpaired) electrons. The third-order valence-electron chi connectivity index (χ3n) is 5.82. The number of guanidine groups is 1. The molecule has 3 rings (SSSR count). The van der Waals surface area contributed by atoms with Crippen molar-refractivity contribution in [3.05, 3.63) is 35.9 Å². The fourth-order valence-corrected chi connectivity index (χ4v) is 4.76. The van der Waals surface area contributed by atoms with Crippen molar-refractivity contribution in [2.45, 2.75) is 39.2 Å². The molecular weight excluding hydrogens is 527 g/mol. The van der Waals surface area contributed by atoms with E-state index in [4.69, 9.17) is 4.74 Å². The highest BCUT2D eigenvalue weighted by molar-refractivity contribution is 14.0. The molecule has 1 aliphatic carbocycles. The van der Waals surface area contributed by atoms with Gasteiger partial charge in [0.25, 0.3) is 0 Å². The van der Waals surface area contributed by atoms with Gasteiger partial charge in [-0.1, -0.05) is 36.8 Å². The van der Waals surface area contributed by atoms with Crippen LogP contribution in [0, 0.1) is 11.8 Å². The second-order valence-corrected chi connectivity index (χ2v) is 10.2. The van der Waals surface area contributed by atoms with Gasteiger partial charge in [0.05, 0.1) is 25.5 Å². The van der Waals surface area contributed by atoms with Crippen molar-refractivity contribution in [3.8, 4) is 0 Å². The van der Waals surface area contributed by atoms with Crippen LogP contribution in [-0.2, 0) is 21.4 Å². The first kappa shape index (κ1) is 26.3. The Morgan fingerprint density at radius 3 is 2.65 bits per heavy atom. The van der Waals surface area contributed by atoms with Crippen LogP contribution in [0.1, 0.15) is 38.2 Å². The van der Waals surface area contributed by atoms with Gasteiger partial charge in [-0.25, -0.2) is 13.1 Å². The second kappa shape index (κ2) is 13.6. The third kappa shape index (κ3) is 9.23. The minimum atomic E-state index is -3.26. The fraction of sp³-hybridized carbons (Fsp3) is 0.682. The lowest BCUT2D eigenvalue weighted by atomic mass is 9.86. The lowest BCUT2D eigenvalue weighted by Crippen LogP contribution is -2.41. The number of rotatable bonds is 11. The summed E-state index contributed by atoms with van der Waals surface area (Å²) in [5, 5.41) is 3.30. The van der Waals surface area contributed by atoms with Crippen LogP contribution < -0.4 is 10.0 Å². The molecule has 1 saturated heterocycles. The highest BCUT2D eigenvalue weighted by atomic mass is 127. The number of sulfonamides is 1. The standard InChI is InChI=1S/C22H36N4O3S.HI/c1-2-23-22(24-12-14-30(27,28)25-15-19-9-6-10-19)26-13-11-21(16-26)18-29-17-20-7-4-3-5-8-20;/h3-5,7-8,19,21,25H,2,6,9-18H2,1H3,(H,23,24);1H. The van der Waals surface area contributed by atoms with E-state index >= 15 is 0 Å². The number of likely N-dealkylation sites (tertiary alicyclic amines) is 1. The number of benzene rings is 1. The first-order valence-electron chi connectivity index (χ1n) is 11.2. The Morgan fingerprint density at radius 1 is 1.19 bits per heavy atom. The molecule has 1 aromatic carbocycles. The molecular formula is C22H37IN4O3S. The lowest BCUT2D eigenvalue weighted by Gasteiger charge is -2.25. The normalized spacial score (nSPS) is 19.7. The molecule has 2 fully saturated rings. The van der Waals surface area contributed by atoms with Crippen molar-refractivity contribution in [2.75, 3.05) is 45.1 Å². The quantitative estimate of drug-likeness (QED) is 0.246. The Balaban J connectivity index is 0.00000341. The number of hydrogen-bond donors (Lipinski definition) is 2. The molecule has 7 nitrogen and oxygen atoms in total. The van der Waals surface area contributed by atoms with Crippen LogP contribution in [0.5, 0.6) is 0 Å². The smallest absolute Gasteiger partial charge is 0.213 e. The van der Waals surface area contributed by atoms with Crippen LogP contribution in [0.2, 0.25) is 0 Å². The van der Waals surface area contributed by atoms with Crippen molar-refractivity contribution in [1.29, 1.82) is 0 Å². The summed E-state index contributed by atoms with van der Waals surface area (Å²) < 4.78 is 33.0. The molecule has 0 aromatic heterocycles. The molecule has 1 atom stereocenters. The number of aliphatic imine (C=N–C) groups is 1. The zero-order valence-electron chi connectivity index (χ0n) is 18.5. The van der Waals surface area contributed by atoms with Crippen LogP contribution >= 0.6 is 24.0 Å². The molecule has 2 N–H and O–H groups in total. The van der Waals surface area contributed by atoms with Gasteiger partial charge in [0, 0.05) is 32.1 Å². The highest BCUT2D eigenvalue weighted by Crippen LogP contribution is 2.25. The third-order valence-corrected chi connectivity index (χ3v) is 7.15. The summed E-state index contributed by atoms with van der Waals surface area (Å²) >= 11 is 0. The van der Waals surface area contributed by atoms with E-state index in [9.17, 15) is 8.42 Å². The summed E-state index contributed by atoms with van der Waals surface area (Å²) in [5.74, 6) is 1.82. The molecule has 176 valence electrons. The van der Waals surface area contributed by atoms with E-state index in [1.807, 2.05) is 25.1 Å². The van der Waals surface area contributed by atoms with Crippen molar-refractivity contribution in [1.82, 2.24) is 14.9 Å². The zero-order valence-corrected chi connectivity index (χ0v) is 21.6. The van der Waals surface area contributed by atoms with E-state index in [0.29, 0.717) is 25.0 Å². The van der Waals surface area contributed by atoms with E-state index in [2.05, 4.69) is 32.1 Å². The molecule has 2 aliphatic rings. The summed E-state index contributed by atoms with van der Waals surface area (Å²) in [6.45, 7) is 6.80. The van der Waals surface area contributed by atoms with E-state index in [-0.39, 0.29) is 36.3 Å². The molecule has 1 aliphatic heterocycles. The topological polar surface area (TPSA) is 83.0 Å². The minimum absolute atomic E-state index is 0. The molecule has 0 spiro atoms. The molecule has 1 aromatic rings. The van der Waals surface area contributed by atoms with Gasteiger partial charge in [0.1, 0.15) is 0 Å². The van der Waals surface area contributed by atoms with Crippen molar-refractivity contribution in [3.63, 3.8) is 0 Å². The van der Waals surface area contributed by atoms with Crippen molar-refractivity contribution >= 4 is 40.0 Å². The van der Waals surface area contributed by atoms with Gasteiger partial charge in [-0.2, -0.15) is 0 Å². The molecule has 31 heavy (non-hydrogen) atoms. The van der Waals surface area contributed by atoms with Crippen LogP contribution in [0.4, 0.5) is 0 Å². The van der Waals surface area contributed by atoms with Gasteiger partial charge in [0.2, 0.25) is 10.0 Å². The van der Waals surface area contributed by atoms with Gasteiger partial charge < -0.3 is 15.0 Å². The first-order chi connectivity index (χ1) is 14.6. The van der Waals surface area contributed by atoms with Crippen LogP contribution in [0.15, 0.2) is 35.3 Å². The maximum Gasteiger partial charge on any atom is 0.213 e. The molecule has 1 unspecified atom stereocenters. The van der Waals surface area contributed by atoms with Crippen molar-refractivity contribution < 1.29 is 13.2 Å². The van der Waals surface area contributed by atoms with Gasteiger partial charge in [-0.05, 0) is 37.7 Å². The van der Waals surface area contributed by atoms with Crippen molar-refractivity contribution in [2.24, 2.45) is 16.8 Å². The predicted molar refractivity (Wildman–Crippen MR) is 136 cm³/mol. The number of nitrogens with zero attached hydrogens (tertiary/aromatic N) is 2. The first-order valence-corrected chi connectivity index (χ1v) is 12.8. The monoisotopic (exact) mass is 564 g/mol.